The maximum atomic E-state index is 6.03. The van der Waals surface area contributed by atoms with Gasteiger partial charge in [-0.05, 0) is 42.3 Å². The van der Waals surface area contributed by atoms with Crippen LogP contribution in [0.2, 0.25) is 5.02 Å². The van der Waals surface area contributed by atoms with E-state index in [1.807, 2.05) is 24.3 Å². The van der Waals surface area contributed by atoms with Gasteiger partial charge in [0.1, 0.15) is 0 Å². The molecule has 1 fully saturated rings. The molecular weight excluding hydrogens is 360 g/mol. The van der Waals surface area contributed by atoms with E-state index in [-0.39, 0.29) is 0 Å². The molecule has 1 saturated heterocycles. The van der Waals surface area contributed by atoms with Gasteiger partial charge in [0.2, 0.25) is 11.7 Å². The van der Waals surface area contributed by atoms with Gasteiger partial charge in [-0.1, -0.05) is 47.1 Å². The summed E-state index contributed by atoms with van der Waals surface area (Å²) in [5, 5.41) is 4.78. The van der Waals surface area contributed by atoms with Gasteiger partial charge in [-0.25, -0.2) is 0 Å². The Kier molecular flexibility index (Phi) is 5.53. The van der Waals surface area contributed by atoms with Crippen LogP contribution >= 0.6 is 11.6 Å². The van der Waals surface area contributed by atoms with Crippen LogP contribution in [0.15, 0.2) is 59.1 Å². The number of hydrogen-bond donors (Lipinski definition) is 1. The lowest BCUT2D eigenvalue weighted by atomic mass is 9.89. The second-order valence-electron chi connectivity index (χ2n) is 7.04. The smallest absolute Gasteiger partial charge is 0.228 e. The molecule has 2 aromatic carbocycles. The Balaban J connectivity index is 1.37. The van der Waals surface area contributed by atoms with Crippen molar-refractivity contribution in [3.63, 3.8) is 0 Å². The van der Waals surface area contributed by atoms with Crippen molar-refractivity contribution in [1.29, 1.82) is 0 Å². The van der Waals surface area contributed by atoms with Gasteiger partial charge in [0, 0.05) is 42.6 Å². The van der Waals surface area contributed by atoms with Crippen LogP contribution < -0.4 is 5.73 Å². The second kappa shape index (κ2) is 8.21. The van der Waals surface area contributed by atoms with Crippen molar-refractivity contribution < 1.29 is 4.52 Å². The highest BCUT2D eigenvalue weighted by Crippen LogP contribution is 2.32. The molecule has 0 spiro atoms. The van der Waals surface area contributed by atoms with Crippen molar-refractivity contribution in [3.05, 3.63) is 71.1 Å². The van der Waals surface area contributed by atoms with E-state index in [2.05, 4.69) is 45.4 Å². The highest BCUT2D eigenvalue weighted by Gasteiger charge is 2.32. The van der Waals surface area contributed by atoms with Crippen molar-refractivity contribution in [3.8, 4) is 11.4 Å². The molecule has 5 nitrogen and oxygen atoms in total. The van der Waals surface area contributed by atoms with E-state index < -0.39 is 0 Å². The van der Waals surface area contributed by atoms with Crippen LogP contribution in [-0.2, 0) is 6.42 Å². The molecule has 1 aliphatic rings. The molecule has 140 valence electrons. The summed E-state index contributed by atoms with van der Waals surface area (Å²) in [5.74, 6) is 2.24. The third-order valence-electron chi connectivity index (χ3n) is 5.26. The topological polar surface area (TPSA) is 68.2 Å². The third-order valence-corrected chi connectivity index (χ3v) is 5.51. The molecule has 1 aliphatic heterocycles. The summed E-state index contributed by atoms with van der Waals surface area (Å²) in [7, 11) is 0. The highest BCUT2D eigenvalue weighted by molar-refractivity contribution is 6.30. The van der Waals surface area contributed by atoms with Crippen LogP contribution in [0.1, 0.15) is 17.4 Å². The van der Waals surface area contributed by atoms with Gasteiger partial charge in [-0.15, -0.1) is 0 Å². The average Bonchev–Trinajstić information content (AvgIpc) is 3.34. The first-order valence-electron chi connectivity index (χ1n) is 9.29. The number of aromatic nitrogens is 2. The van der Waals surface area contributed by atoms with Gasteiger partial charge < -0.3 is 15.2 Å². The Morgan fingerprint density at radius 2 is 1.85 bits per heavy atom. The quantitative estimate of drug-likeness (QED) is 0.705. The lowest BCUT2D eigenvalue weighted by molar-refractivity contribution is 0.302. The van der Waals surface area contributed by atoms with Crippen LogP contribution in [0.4, 0.5) is 0 Å². The van der Waals surface area contributed by atoms with Crippen molar-refractivity contribution in [1.82, 2.24) is 15.0 Å². The number of nitrogens with zero attached hydrogens (tertiary/aromatic N) is 3. The molecule has 0 saturated carbocycles. The number of nitrogens with two attached hydrogens (primary N) is 1. The molecular formula is C21H23ClN4O. The lowest BCUT2D eigenvalue weighted by Gasteiger charge is -2.16. The predicted octanol–water partition coefficient (Wildman–Crippen LogP) is 3.61. The van der Waals surface area contributed by atoms with E-state index in [9.17, 15) is 0 Å². The van der Waals surface area contributed by atoms with E-state index in [0.717, 1.165) is 31.6 Å². The first-order chi connectivity index (χ1) is 13.2. The Bertz CT molecular complexity index is 865. The summed E-state index contributed by atoms with van der Waals surface area (Å²) in [6.45, 7) is 3.62. The first-order valence-corrected chi connectivity index (χ1v) is 9.66. The molecule has 3 aromatic rings. The van der Waals surface area contributed by atoms with Crippen molar-refractivity contribution in [2.24, 2.45) is 11.7 Å². The van der Waals surface area contributed by atoms with Gasteiger partial charge in [-0.3, -0.25) is 0 Å². The van der Waals surface area contributed by atoms with Crippen LogP contribution in [0.25, 0.3) is 11.4 Å². The predicted molar refractivity (Wildman–Crippen MR) is 107 cm³/mol. The van der Waals surface area contributed by atoms with Gasteiger partial charge in [0.15, 0.2) is 0 Å². The Morgan fingerprint density at radius 1 is 1.07 bits per heavy atom. The summed E-state index contributed by atoms with van der Waals surface area (Å²) in [4.78, 5) is 6.96. The fourth-order valence-corrected chi connectivity index (χ4v) is 3.91. The normalized spacial score (nSPS) is 20.2. The number of halogens is 1. The van der Waals surface area contributed by atoms with Gasteiger partial charge in [-0.2, -0.15) is 4.98 Å². The molecule has 0 aliphatic carbocycles. The molecule has 0 unspecified atom stereocenters. The summed E-state index contributed by atoms with van der Waals surface area (Å²) in [6, 6.07) is 18.1. The maximum absolute atomic E-state index is 6.03. The molecule has 27 heavy (non-hydrogen) atoms. The van der Waals surface area contributed by atoms with Crippen molar-refractivity contribution >= 4 is 11.6 Å². The fraction of sp³-hybridized carbons (Fsp3) is 0.333. The molecule has 0 bridgehead atoms. The molecule has 1 aromatic heterocycles. The molecule has 6 heteroatoms. The zero-order valence-corrected chi connectivity index (χ0v) is 15.8. The molecule has 2 heterocycles. The van der Waals surface area contributed by atoms with Crippen LogP contribution in [-0.4, -0.2) is 41.2 Å². The SMILES string of the molecule is NC[C@@H]1CN(CCc2nc(-c3ccc(Cl)cc3)no2)C[C@H]1c1ccccc1. The third kappa shape index (κ3) is 4.21. The zero-order valence-electron chi connectivity index (χ0n) is 15.1. The number of hydrogen-bond acceptors (Lipinski definition) is 5. The van der Waals surface area contributed by atoms with Crippen molar-refractivity contribution in [2.45, 2.75) is 12.3 Å². The number of rotatable bonds is 6. The van der Waals surface area contributed by atoms with E-state index in [0.29, 0.717) is 35.1 Å². The highest BCUT2D eigenvalue weighted by atomic mass is 35.5. The number of benzene rings is 2. The summed E-state index contributed by atoms with van der Waals surface area (Å²) >= 11 is 5.93. The Labute approximate surface area is 164 Å². The zero-order chi connectivity index (χ0) is 18.6. The van der Waals surface area contributed by atoms with Crippen LogP contribution in [0, 0.1) is 5.92 Å². The summed E-state index contributed by atoms with van der Waals surface area (Å²) in [6.07, 6.45) is 0.736. The van der Waals surface area contributed by atoms with E-state index in [1.54, 1.807) is 0 Å². The van der Waals surface area contributed by atoms with E-state index >= 15 is 0 Å². The van der Waals surface area contributed by atoms with Crippen LogP contribution in [0.5, 0.6) is 0 Å². The largest absolute Gasteiger partial charge is 0.339 e. The molecule has 2 N–H and O–H groups in total. The van der Waals surface area contributed by atoms with Gasteiger partial charge >= 0.3 is 0 Å². The lowest BCUT2D eigenvalue weighted by Crippen LogP contribution is -2.25. The van der Waals surface area contributed by atoms with Gasteiger partial charge in [0.25, 0.3) is 0 Å². The Hall–Kier alpha value is -2.21. The van der Waals surface area contributed by atoms with Crippen molar-refractivity contribution in [2.75, 3.05) is 26.2 Å². The van der Waals surface area contributed by atoms with E-state index in [4.69, 9.17) is 21.9 Å². The number of likely N-dealkylation sites (tertiary alicyclic amines) is 1. The molecule has 0 radical (unpaired) electrons. The second-order valence-corrected chi connectivity index (χ2v) is 7.48. The molecule has 0 amide bonds. The first kappa shape index (κ1) is 18.2. The van der Waals surface area contributed by atoms with Crippen LogP contribution in [0.3, 0.4) is 0 Å². The minimum absolute atomic E-state index is 0.486. The maximum Gasteiger partial charge on any atom is 0.228 e. The monoisotopic (exact) mass is 382 g/mol. The molecule has 4 rings (SSSR count). The van der Waals surface area contributed by atoms with Gasteiger partial charge in [0.05, 0.1) is 0 Å². The summed E-state index contributed by atoms with van der Waals surface area (Å²) in [5.41, 5.74) is 8.31. The molecule has 2 atom stereocenters. The minimum atomic E-state index is 0.486. The Morgan fingerprint density at radius 3 is 2.59 bits per heavy atom. The fourth-order valence-electron chi connectivity index (χ4n) is 3.79. The van der Waals surface area contributed by atoms with E-state index in [1.165, 1.54) is 5.56 Å². The minimum Gasteiger partial charge on any atom is -0.339 e. The summed E-state index contributed by atoms with van der Waals surface area (Å²) < 4.78 is 5.43. The average molecular weight is 383 g/mol. The standard InChI is InChI=1S/C21H23ClN4O/c22-18-8-6-16(7-9-18)21-24-20(27-25-21)10-11-26-13-17(12-23)19(14-26)15-4-2-1-3-5-15/h1-9,17,19H,10-14,23H2/t17-,19+/m1/s1.